The van der Waals surface area contributed by atoms with Gasteiger partial charge in [-0.25, -0.2) is 4.79 Å². The van der Waals surface area contributed by atoms with Gasteiger partial charge >= 0.3 is 5.97 Å². The second-order valence-electron chi connectivity index (χ2n) is 3.58. The predicted octanol–water partition coefficient (Wildman–Crippen LogP) is 0.536. The Morgan fingerprint density at radius 2 is 2.43 bits per heavy atom. The summed E-state index contributed by atoms with van der Waals surface area (Å²) in [5.74, 6) is 0.177. The van der Waals surface area contributed by atoms with Gasteiger partial charge < -0.3 is 15.3 Å². The summed E-state index contributed by atoms with van der Waals surface area (Å²) in [6, 6.07) is -0.427. The van der Waals surface area contributed by atoms with Crippen molar-refractivity contribution in [1.82, 2.24) is 10.2 Å². The SMILES string of the molecule is O=C(O)C1CCN2CCC=CC=C2N1. The van der Waals surface area contributed by atoms with Gasteiger partial charge in [-0.05, 0) is 18.9 Å². The highest BCUT2D eigenvalue weighted by Gasteiger charge is 2.26. The van der Waals surface area contributed by atoms with E-state index in [-0.39, 0.29) is 0 Å². The van der Waals surface area contributed by atoms with Crippen LogP contribution in [0, 0.1) is 0 Å². The van der Waals surface area contributed by atoms with E-state index in [1.165, 1.54) is 0 Å². The van der Waals surface area contributed by atoms with Gasteiger partial charge in [0.1, 0.15) is 11.9 Å². The molecule has 2 rings (SSSR count). The number of nitrogens with zero attached hydrogens (tertiary/aromatic N) is 1. The molecule has 0 aromatic heterocycles. The number of carbonyl (C=O) groups is 1. The van der Waals surface area contributed by atoms with Crippen LogP contribution in [-0.2, 0) is 4.79 Å². The largest absolute Gasteiger partial charge is 0.480 e. The summed E-state index contributed by atoms with van der Waals surface area (Å²) in [6.07, 6.45) is 7.73. The highest BCUT2D eigenvalue weighted by molar-refractivity contribution is 5.74. The molecule has 1 unspecified atom stereocenters. The van der Waals surface area contributed by atoms with Crippen molar-refractivity contribution >= 4 is 5.97 Å². The molecule has 2 aliphatic heterocycles. The van der Waals surface area contributed by atoms with Crippen LogP contribution < -0.4 is 5.32 Å². The molecule has 2 aliphatic rings. The Balaban J connectivity index is 2.09. The number of carboxylic acid groups (broad SMARTS) is 1. The standard InChI is InChI=1S/C10H14N2O2/c13-10(14)8-5-7-12-6-3-1-2-4-9(12)11-8/h1-2,4,8,11H,3,5-7H2,(H,13,14). The van der Waals surface area contributed by atoms with Gasteiger partial charge in [0.15, 0.2) is 0 Å². The minimum Gasteiger partial charge on any atom is -0.480 e. The Morgan fingerprint density at radius 1 is 1.57 bits per heavy atom. The first-order chi connectivity index (χ1) is 6.77. The van der Waals surface area contributed by atoms with Crippen molar-refractivity contribution in [3.05, 3.63) is 24.0 Å². The van der Waals surface area contributed by atoms with E-state index >= 15 is 0 Å². The molecule has 0 aromatic carbocycles. The van der Waals surface area contributed by atoms with Crippen molar-refractivity contribution in [2.75, 3.05) is 13.1 Å². The van der Waals surface area contributed by atoms with Crippen molar-refractivity contribution in [1.29, 1.82) is 0 Å². The molecule has 4 nitrogen and oxygen atoms in total. The third kappa shape index (κ3) is 1.73. The summed E-state index contributed by atoms with van der Waals surface area (Å²) < 4.78 is 0. The smallest absolute Gasteiger partial charge is 0.326 e. The van der Waals surface area contributed by atoms with Crippen molar-refractivity contribution in [2.24, 2.45) is 0 Å². The van der Waals surface area contributed by atoms with Crippen molar-refractivity contribution in [2.45, 2.75) is 18.9 Å². The van der Waals surface area contributed by atoms with Gasteiger partial charge in [-0.2, -0.15) is 0 Å². The first-order valence-electron chi connectivity index (χ1n) is 4.88. The normalized spacial score (nSPS) is 25.9. The fraction of sp³-hybridized carbons (Fsp3) is 0.500. The van der Waals surface area contributed by atoms with Crippen LogP contribution in [0.15, 0.2) is 24.0 Å². The van der Waals surface area contributed by atoms with E-state index in [1.807, 2.05) is 12.2 Å². The van der Waals surface area contributed by atoms with Crippen LogP contribution in [0.4, 0.5) is 0 Å². The van der Waals surface area contributed by atoms with Gasteiger partial charge in [0.05, 0.1) is 0 Å². The topological polar surface area (TPSA) is 52.6 Å². The van der Waals surface area contributed by atoms with E-state index in [0.717, 1.165) is 25.3 Å². The first kappa shape index (κ1) is 9.12. The molecule has 1 fully saturated rings. The minimum absolute atomic E-state index is 0.427. The highest BCUT2D eigenvalue weighted by atomic mass is 16.4. The molecule has 0 bridgehead atoms. The van der Waals surface area contributed by atoms with Crippen molar-refractivity contribution in [3.63, 3.8) is 0 Å². The molecule has 0 spiro atoms. The molecule has 0 radical (unpaired) electrons. The highest BCUT2D eigenvalue weighted by Crippen LogP contribution is 2.15. The number of carboxylic acids is 1. The Kier molecular flexibility index (Phi) is 2.43. The second-order valence-corrected chi connectivity index (χ2v) is 3.58. The van der Waals surface area contributed by atoms with E-state index in [2.05, 4.69) is 16.3 Å². The molecule has 76 valence electrons. The van der Waals surface area contributed by atoms with Crippen LogP contribution in [0.5, 0.6) is 0 Å². The summed E-state index contributed by atoms with van der Waals surface area (Å²) in [4.78, 5) is 13.0. The van der Waals surface area contributed by atoms with Gasteiger partial charge in [-0.15, -0.1) is 0 Å². The maximum absolute atomic E-state index is 10.8. The molecule has 1 atom stereocenters. The second kappa shape index (κ2) is 3.74. The van der Waals surface area contributed by atoms with Gasteiger partial charge in [0.25, 0.3) is 0 Å². The summed E-state index contributed by atoms with van der Waals surface area (Å²) in [5.41, 5.74) is 0. The Bertz CT molecular complexity index is 296. The summed E-state index contributed by atoms with van der Waals surface area (Å²) in [5, 5.41) is 11.9. The average Bonchev–Trinajstić information content (AvgIpc) is 2.41. The maximum atomic E-state index is 10.8. The number of fused-ring (bicyclic) bond motifs is 1. The van der Waals surface area contributed by atoms with E-state index in [4.69, 9.17) is 5.11 Å². The Labute approximate surface area is 82.9 Å². The zero-order valence-corrected chi connectivity index (χ0v) is 7.94. The fourth-order valence-electron chi connectivity index (χ4n) is 1.80. The molecule has 14 heavy (non-hydrogen) atoms. The Hall–Kier alpha value is -1.45. The zero-order chi connectivity index (χ0) is 9.97. The van der Waals surface area contributed by atoms with Crippen LogP contribution in [0.1, 0.15) is 12.8 Å². The predicted molar refractivity (Wildman–Crippen MR) is 52.6 cm³/mol. The Morgan fingerprint density at radius 3 is 3.21 bits per heavy atom. The van der Waals surface area contributed by atoms with Crippen LogP contribution in [0.3, 0.4) is 0 Å². The lowest BCUT2D eigenvalue weighted by molar-refractivity contribution is -0.140. The van der Waals surface area contributed by atoms with Gasteiger partial charge in [-0.1, -0.05) is 12.2 Å². The molecule has 0 amide bonds. The summed E-state index contributed by atoms with van der Waals surface area (Å²) in [6.45, 7) is 1.80. The van der Waals surface area contributed by atoms with E-state index in [0.29, 0.717) is 6.42 Å². The summed E-state index contributed by atoms with van der Waals surface area (Å²) >= 11 is 0. The number of hydrogen-bond donors (Lipinski definition) is 2. The lowest BCUT2D eigenvalue weighted by atomic mass is 10.1. The van der Waals surface area contributed by atoms with Crippen LogP contribution in [0.2, 0.25) is 0 Å². The molecule has 2 N–H and O–H groups in total. The molecule has 0 aromatic rings. The van der Waals surface area contributed by atoms with Crippen LogP contribution in [0.25, 0.3) is 0 Å². The third-order valence-corrected chi connectivity index (χ3v) is 2.60. The first-order valence-corrected chi connectivity index (χ1v) is 4.88. The lowest BCUT2D eigenvalue weighted by Crippen LogP contribution is -2.49. The molecule has 2 heterocycles. The number of aliphatic carboxylic acids is 1. The number of hydrogen-bond acceptors (Lipinski definition) is 3. The van der Waals surface area contributed by atoms with E-state index < -0.39 is 12.0 Å². The summed E-state index contributed by atoms with van der Waals surface area (Å²) in [7, 11) is 0. The number of nitrogens with one attached hydrogen (secondary N) is 1. The van der Waals surface area contributed by atoms with Crippen LogP contribution >= 0.6 is 0 Å². The van der Waals surface area contributed by atoms with Crippen LogP contribution in [-0.4, -0.2) is 35.1 Å². The molecule has 0 aliphatic carbocycles. The average molecular weight is 194 g/mol. The number of allylic oxidation sites excluding steroid dienone is 2. The van der Waals surface area contributed by atoms with Gasteiger partial charge in [0.2, 0.25) is 0 Å². The monoisotopic (exact) mass is 194 g/mol. The van der Waals surface area contributed by atoms with Crippen molar-refractivity contribution in [3.8, 4) is 0 Å². The van der Waals surface area contributed by atoms with E-state index in [1.54, 1.807) is 0 Å². The minimum atomic E-state index is -0.765. The van der Waals surface area contributed by atoms with Gasteiger partial charge in [0, 0.05) is 13.1 Å². The van der Waals surface area contributed by atoms with Crippen molar-refractivity contribution < 1.29 is 9.90 Å². The van der Waals surface area contributed by atoms with E-state index in [9.17, 15) is 4.79 Å². The molecular formula is C10H14N2O2. The molecular weight excluding hydrogens is 180 g/mol. The third-order valence-electron chi connectivity index (χ3n) is 2.60. The quantitative estimate of drug-likeness (QED) is 0.639. The fourth-order valence-corrected chi connectivity index (χ4v) is 1.80. The maximum Gasteiger partial charge on any atom is 0.326 e. The molecule has 4 heteroatoms. The van der Waals surface area contributed by atoms with Gasteiger partial charge in [-0.3, -0.25) is 0 Å². The zero-order valence-electron chi connectivity index (χ0n) is 7.94. The molecule has 1 saturated heterocycles. The molecule has 0 saturated carbocycles. The number of rotatable bonds is 1. The lowest BCUT2D eigenvalue weighted by Gasteiger charge is -2.34.